The third kappa shape index (κ3) is 4.06. The molecule has 5 heteroatoms. The van der Waals surface area contributed by atoms with Gasteiger partial charge in [-0.2, -0.15) is 0 Å². The Kier molecular flexibility index (Phi) is 5.95. The average molecular weight is 392 g/mol. The van der Waals surface area contributed by atoms with Crippen LogP contribution in [0.3, 0.4) is 0 Å². The highest BCUT2D eigenvalue weighted by Crippen LogP contribution is 2.35. The molecule has 2 fully saturated rings. The number of hydrogen-bond donors (Lipinski definition) is 1. The molecule has 0 aliphatic carbocycles. The summed E-state index contributed by atoms with van der Waals surface area (Å²) in [6.45, 7) is 2.47. The molecule has 2 aliphatic heterocycles. The van der Waals surface area contributed by atoms with E-state index in [1.165, 1.54) is 5.56 Å². The smallest absolute Gasteiger partial charge is 0.250 e. The molecule has 29 heavy (non-hydrogen) atoms. The van der Waals surface area contributed by atoms with Crippen LogP contribution in [0.4, 0.5) is 0 Å². The number of amides is 2. The summed E-state index contributed by atoms with van der Waals surface area (Å²) in [6.07, 6.45) is 2.37. The van der Waals surface area contributed by atoms with Crippen molar-refractivity contribution in [2.45, 2.75) is 31.2 Å². The van der Waals surface area contributed by atoms with E-state index < -0.39 is 6.04 Å². The summed E-state index contributed by atoms with van der Waals surface area (Å²) in [6, 6.07) is 19.5. The number of carbonyl (C=O) groups is 2. The molecule has 2 N–H and O–H groups in total. The van der Waals surface area contributed by atoms with Gasteiger partial charge in [-0.05, 0) is 36.4 Å². The van der Waals surface area contributed by atoms with Crippen LogP contribution in [-0.2, 0) is 9.59 Å². The van der Waals surface area contributed by atoms with Crippen LogP contribution in [-0.4, -0.2) is 47.8 Å². The van der Waals surface area contributed by atoms with Gasteiger partial charge < -0.3 is 15.5 Å². The first kappa shape index (κ1) is 19.6. The zero-order valence-corrected chi connectivity index (χ0v) is 16.7. The first-order valence-corrected chi connectivity index (χ1v) is 10.6. The largest absolute Gasteiger partial charge is 0.340 e. The minimum absolute atomic E-state index is 0.0170. The van der Waals surface area contributed by atoms with Crippen LogP contribution in [0.1, 0.15) is 42.3 Å². The summed E-state index contributed by atoms with van der Waals surface area (Å²) >= 11 is 0. The van der Waals surface area contributed by atoms with Gasteiger partial charge in [-0.1, -0.05) is 60.7 Å². The van der Waals surface area contributed by atoms with E-state index in [0.717, 1.165) is 18.4 Å². The van der Waals surface area contributed by atoms with Crippen molar-refractivity contribution in [3.63, 3.8) is 0 Å². The van der Waals surface area contributed by atoms with Gasteiger partial charge in [0.1, 0.15) is 6.04 Å². The topological polar surface area (TPSA) is 66.6 Å². The van der Waals surface area contributed by atoms with Crippen molar-refractivity contribution in [3.05, 3.63) is 71.8 Å². The second-order valence-electron chi connectivity index (χ2n) is 8.11. The van der Waals surface area contributed by atoms with Crippen molar-refractivity contribution >= 4 is 11.8 Å². The maximum atomic E-state index is 13.7. The molecule has 2 aliphatic rings. The number of nitrogens with zero attached hydrogens (tertiary/aromatic N) is 2. The average Bonchev–Trinajstić information content (AvgIpc) is 3.21. The molecule has 3 atom stereocenters. The first-order valence-electron chi connectivity index (χ1n) is 10.6. The normalized spacial score (nSPS) is 23.3. The maximum Gasteiger partial charge on any atom is 0.250 e. The van der Waals surface area contributed by atoms with Crippen molar-refractivity contribution in [2.75, 3.05) is 26.2 Å². The van der Waals surface area contributed by atoms with E-state index in [0.29, 0.717) is 32.6 Å². The fourth-order valence-corrected chi connectivity index (χ4v) is 4.73. The molecule has 4 rings (SSSR count). The van der Waals surface area contributed by atoms with E-state index in [9.17, 15) is 9.59 Å². The first-order chi connectivity index (χ1) is 14.2. The van der Waals surface area contributed by atoms with E-state index in [2.05, 4.69) is 12.1 Å². The molecule has 1 unspecified atom stereocenters. The van der Waals surface area contributed by atoms with Gasteiger partial charge >= 0.3 is 0 Å². The number of piperidine rings is 1. The van der Waals surface area contributed by atoms with Crippen LogP contribution in [0.2, 0.25) is 0 Å². The number of carbonyl (C=O) groups excluding carboxylic acids is 2. The van der Waals surface area contributed by atoms with Gasteiger partial charge in [0.05, 0.1) is 0 Å². The zero-order valence-electron chi connectivity index (χ0n) is 16.7. The predicted octanol–water partition coefficient (Wildman–Crippen LogP) is 2.94. The fourth-order valence-electron chi connectivity index (χ4n) is 4.73. The molecular formula is C24H29N3O2. The molecule has 0 radical (unpaired) electrons. The number of benzene rings is 2. The Balaban J connectivity index is 1.61. The number of rotatable bonds is 5. The summed E-state index contributed by atoms with van der Waals surface area (Å²) in [5, 5.41) is 0. The monoisotopic (exact) mass is 391 g/mol. The van der Waals surface area contributed by atoms with Crippen LogP contribution in [0.5, 0.6) is 0 Å². The molecule has 2 saturated heterocycles. The predicted molar refractivity (Wildman–Crippen MR) is 113 cm³/mol. The molecular weight excluding hydrogens is 362 g/mol. The van der Waals surface area contributed by atoms with Crippen LogP contribution in [0.25, 0.3) is 0 Å². The Morgan fingerprint density at radius 1 is 1.00 bits per heavy atom. The Labute approximate surface area is 172 Å². The Bertz CT molecular complexity index is 840. The van der Waals surface area contributed by atoms with Gasteiger partial charge in [-0.25, -0.2) is 0 Å². The third-order valence-corrected chi connectivity index (χ3v) is 6.30. The van der Waals surface area contributed by atoms with Crippen LogP contribution in [0.15, 0.2) is 60.7 Å². The highest BCUT2D eigenvalue weighted by Gasteiger charge is 2.41. The zero-order chi connectivity index (χ0) is 20.2. The van der Waals surface area contributed by atoms with E-state index in [-0.39, 0.29) is 23.7 Å². The van der Waals surface area contributed by atoms with Gasteiger partial charge in [0.25, 0.3) is 0 Å². The van der Waals surface area contributed by atoms with Gasteiger partial charge in [-0.15, -0.1) is 0 Å². The molecule has 0 saturated carbocycles. The third-order valence-electron chi connectivity index (χ3n) is 6.30. The molecule has 2 aromatic rings. The summed E-state index contributed by atoms with van der Waals surface area (Å²) in [7, 11) is 0. The minimum atomic E-state index is -0.544. The Morgan fingerprint density at radius 3 is 2.34 bits per heavy atom. The molecule has 0 bridgehead atoms. The molecule has 0 aromatic heterocycles. The second-order valence-corrected chi connectivity index (χ2v) is 8.11. The second kappa shape index (κ2) is 8.78. The maximum absolute atomic E-state index is 13.7. The Hall–Kier alpha value is -2.66. The van der Waals surface area contributed by atoms with Gasteiger partial charge in [0.2, 0.25) is 11.8 Å². The number of nitrogens with two attached hydrogens (primary N) is 1. The quantitative estimate of drug-likeness (QED) is 0.852. The molecule has 2 heterocycles. The van der Waals surface area contributed by atoms with Crippen molar-refractivity contribution in [3.8, 4) is 0 Å². The summed E-state index contributed by atoms with van der Waals surface area (Å²) in [5.41, 5.74) is 8.19. The molecule has 152 valence electrons. The van der Waals surface area contributed by atoms with E-state index >= 15 is 0 Å². The van der Waals surface area contributed by atoms with E-state index in [1.807, 2.05) is 53.4 Å². The van der Waals surface area contributed by atoms with E-state index in [1.54, 1.807) is 4.90 Å². The van der Waals surface area contributed by atoms with Crippen molar-refractivity contribution in [1.82, 2.24) is 9.80 Å². The number of likely N-dealkylation sites (tertiary alicyclic amines) is 2. The highest BCUT2D eigenvalue weighted by atomic mass is 16.2. The van der Waals surface area contributed by atoms with Gasteiger partial charge in [-0.3, -0.25) is 9.59 Å². The van der Waals surface area contributed by atoms with Crippen LogP contribution in [0, 0.1) is 5.92 Å². The van der Waals surface area contributed by atoms with Crippen LogP contribution < -0.4 is 5.73 Å². The summed E-state index contributed by atoms with van der Waals surface area (Å²) < 4.78 is 0. The lowest BCUT2D eigenvalue weighted by Crippen LogP contribution is -2.46. The molecule has 2 amide bonds. The lowest BCUT2D eigenvalue weighted by Gasteiger charge is -2.36. The van der Waals surface area contributed by atoms with Gasteiger partial charge in [0.15, 0.2) is 0 Å². The van der Waals surface area contributed by atoms with Crippen molar-refractivity contribution < 1.29 is 9.59 Å². The number of hydrogen-bond acceptors (Lipinski definition) is 3. The van der Waals surface area contributed by atoms with E-state index in [4.69, 9.17) is 5.73 Å². The lowest BCUT2D eigenvalue weighted by atomic mass is 9.89. The highest BCUT2D eigenvalue weighted by molar-refractivity contribution is 5.89. The SMILES string of the molecule is NC[C@@H]1CN(C(=O)C(c2ccccc2)N2CCCCC2=O)C[C@H]1c1ccccc1. The lowest BCUT2D eigenvalue weighted by molar-refractivity contribution is -0.147. The Morgan fingerprint density at radius 2 is 1.69 bits per heavy atom. The minimum Gasteiger partial charge on any atom is -0.340 e. The summed E-state index contributed by atoms with van der Waals surface area (Å²) in [5.74, 6) is 0.560. The van der Waals surface area contributed by atoms with Gasteiger partial charge in [0, 0.05) is 32.0 Å². The fraction of sp³-hybridized carbons (Fsp3) is 0.417. The van der Waals surface area contributed by atoms with Crippen molar-refractivity contribution in [1.29, 1.82) is 0 Å². The van der Waals surface area contributed by atoms with Crippen molar-refractivity contribution in [2.24, 2.45) is 11.7 Å². The summed E-state index contributed by atoms with van der Waals surface area (Å²) in [4.78, 5) is 30.1. The standard InChI is InChI=1S/C24H29N3O2/c25-15-20-16-26(17-21(20)18-9-3-1-4-10-18)24(29)23(19-11-5-2-6-12-19)27-14-8-7-13-22(27)28/h1-6,9-12,20-21,23H,7-8,13-17,25H2/t20-,21+,23?/m1/s1. The molecule has 0 spiro atoms. The van der Waals surface area contributed by atoms with Crippen LogP contribution >= 0.6 is 0 Å². The molecule has 2 aromatic carbocycles. The molecule has 5 nitrogen and oxygen atoms in total.